The summed E-state index contributed by atoms with van der Waals surface area (Å²) in [5.41, 5.74) is 3.99. The van der Waals surface area contributed by atoms with Crippen molar-refractivity contribution in [1.29, 1.82) is 0 Å². The Labute approximate surface area is 103 Å². The van der Waals surface area contributed by atoms with Crippen molar-refractivity contribution in [1.82, 2.24) is 5.32 Å². The number of rotatable bonds is 4. The van der Waals surface area contributed by atoms with E-state index in [9.17, 15) is 0 Å². The second-order valence-electron chi connectivity index (χ2n) is 4.55. The van der Waals surface area contributed by atoms with Gasteiger partial charge in [-0.05, 0) is 44.0 Å². The SMILES string of the molecule is Cc1ccc(C)c(CNCc2ccc(C)o2)c1. The first-order chi connectivity index (χ1) is 8.15. The third kappa shape index (κ3) is 3.21. The van der Waals surface area contributed by atoms with Crippen LogP contribution >= 0.6 is 0 Å². The summed E-state index contributed by atoms with van der Waals surface area (Å²) in [6.45, 7) is 7.90. The van der Waals surface area contributed by atoms with Gasteiger partial charge in [0.2, 0.25) is 0 Å². The van der Waals surface area contributed by atoms with Crippen molar-refractivity contribution in [3.05, 3.63) is 58.5 Å². The van der Waals surface area contributed by atoms with Crippen molar-refractivity contribution < 1.29 is 4.42 Å². The van der Waals surface area contributed by atoms with Gasteiger partial charge in [0.1, 0.15) is 11.5 Å². The van der Waals surface area contributed by atoms with Gasteiger partial charge in [-0.2, -0.15) is 0 Å². The maximum absolute atomic E-state index is 5.51. The van der Waals surface area contributed by atoms with Crippen molar-refractivity contribution >= 4 is 0 Å². The summed E-state index contributed by atoms with van der Waals surface area (Å²) in [4.78, 5) is 0. The molecule has 2 rings (SSSR count). The van der Waals surface area contributed by atoms with Crippen molar-refractivity contribution in [3.63, 3.8) is 0 Å². The largest absolute Gasteiger partial charge is 0.465 e. The lowest BCUT2D eigenvalue weighted by Crippen LogP contribution is -2.13. The summed E-state index contributed by atoms with van der Waals surface area (Å²) < 4.78 is 5.51. The predicted octanol–water partition coefficient (Wildman–Crippen LogP) is 3.49. The Kier molecular flexibility index (Phi) is 3.64. The zero-order chi connectivity index (χ0) is 12.3. The van der Waals surface area contributed by atoms with Gasteiger partial charge in [0.05, 0.1) is 6.54 Å². The van der Waals surface area contributed by atoms with Gasteiger partial charge in [-0.1, -0.05) is 23.8 Å². The highest BCUT2D eigenvalue weighted by molar-refractivity contribution is 5.30. The van der Waals surface area contributed by atoms with Crippen LogP contribution in [0.25, 0.3) is 0 Å². The highest BCUT2D eigenvalue weighted by atomic mass is 16.3. The van der Waals surface area contributed by atoms with Gasteiger partial charge in [-0.3, -0.25) is 0 Å². The molecule has 2 aromatic rings. The summed E-state index contributed by atoms with van der Waals surface area (Å²) in [6.07, 6.45) is 0. The molecule has 1 heterocycles. The van der Waals surface area contributed by atoms with E-state index < -0.39 is 0 Å². The molecule has 0 saturated heterocycles. The summed E-state index contributed by atoms with van der Waals surface area (Å²) >= 11 is 0. The van der Waals surface area contributed by atoms with Gasteiger partial charge in [-0.25, -0.2) is 0 Å². The van der Waals surface area contributed by atoms with Crippen molar-refractivity contribution in [2.75, 3.05) is 0 Å². The van der Waals surface area contributed by atoms with E-state index in [4.69, 9.17) is 4.42 Å². The molecule has 0 aliphatic heterocycles. The van der Waals surface area contributed by atoms with Gasteiger partial charge in [0.25, 0.3) is 0 Å². The van der Waals surface area contributed by atoms with E-state index in [0.717, 1.165) is 24.6 Å². The molecule has 0 aliphatic carbocycles. The molecule has 1 N–H and O–H groups in total. The highest BCUT2D eigenvalue weighted by Crippen LogP contribution is 2.11. The normalized spacial score (nSPS) is 10.8. The molecule has 0 fully saturated rings. The maximum Gasteiger partial charge on any atom is 0.117 e. The molecule has 0 radical (unpaired) electrons. The van der Waals surface area contributed by atoms with E-state index in [-0.39, 0.29) is 0 Å². The van der Waals surface area contributed by atoms with E-state index >= 15 is 0 Å². The van der Waals surface area contributed by atoms with Crippen LogP contribution in [0.2, 0.25) is 0 Å². The van der Waals surface area contributed by atoms with Gasteiger partial charge in [-0.15, -0.1) is 0 Å². The maximum atomic E-state index is 5.51. The fourth-order valence-corrected chi connectivity index (χ4v) is 1.89. The van der Waals surface area contributed by atoms with Gasteiger partial charge in [0, 0.05) is 6.54 Å². The molecule has 1 aromatic carbocycles. The lowest BCUT2D eigenvalue weighted by molar-refractivity contribution is 0.461. The average molecular weight is 229 g/mol. The van der Waals surface area contributed by atoms with Gasteiger partial charge < -0.3 is 9.73 Å². The molecule has 0 spiro atoms. The molecular formula is C15H19NO. The first-order valence-electron chi connectivity index (χ1n) is 5.97. The monoisotopic (exact) mass is 229 g/mol. The Bertz CT molecular complexity index is 499. The van der Waals surface area contributed by atoms with Crippen LogP contribution in [-0.2, 0) is 13.1 Å². The van der Waals surface area contributed by atoms with Crippen LogP contribution in [0.1, 0.15) is 28.2 Å². The lowest BCUT2D eigenvalue weighted by Gasteiger charge is -2.07. The molecule has 0 amide bonds. The average Bonchev–Trinajstić information content (AvgIpc) is 2.69. The molecule has 1 aromatic heterocycles. The van der Waals surface area contributed by atoms with Crippen LogP contribution in [0.3, 0.4) is 0 Å². The van der Waals surface area contributed by atoms with Crippen LogP contribution in [0.5, 0.6) is 0 Å². The van der Waals surface area contributed by atoms with E-state index in [1.165, 1.54) is 16.7 Å². The quantitative estimate of drug-likeness (QED) is 0.868. The van der Waals surface area contributed by atoms with E-state index in [1.807, 2.05) is 19.1 Å². The van der Waals surface area contributed by atoms with Crippen LogP contribution in [0.15, 0.2) is 34.7 Å². The van der Waals surface area contributed by atoms with E-state index in [0.29, 0.717) is 0 Å². The standard InChI is InChI=1S/C15H19NO/c1-11-4-5-12(2)14(8-11)9-16-10-15-7-6-13(3)17-15/h4-8,16H,9-10H2,1-3H3. The second-order valence-corrected chi connectivity index (χ2v) is 4.55. The summed E-state index contributed by atoms with van der Waals surface area (Å²) in [6, 6.07) is 10.6. The molecule has 90 valence electrons. The smallest absolute Gasteiger partial charge is 0.117 e. The summed E-state index contributed by atoms with van der Waals surface area (Å²) in [7, 11) is 0. The van der Waals surface area contributed by atoms with Crippen LogP contribution in [0, 0.1) is 20.8 Å². The fourth-order valence-electron chi connectivity index (χ4n) is 1.89. The van der Waals surface area contributed by atoms with Crippen LogP contribution in [-0.4, -0.2) is 0 Å². The molecule has 2 heteroatoms. The van der Waals surface area contributed by atoms with Gasteiger partial charge >= 0.3 is 0 Å². The van der Waals surface area contributed by atoms with Gasteiger partial charge in [0.15, 0.2) is 0 Å². The first-order valence-corrected chi connectivity index (χ1v) is 5.97. The molecule has 0 unspecified atom stereocenters. The Morgan fingerprint density at radius 3 is 2.53 bits per heavy atom. The van der Waals surface area contributed by atoms with Crippen LogP contribution < -0.4 is 5.32 Å². The van der Waals surface area contributed by atoms with Crippen molar-refractivity contribution in [2.24, 2.45) is 0 Å². The molecule has 0 atom stereocenters. The van der Waals surface area contributed by atoms with Crippen LogP contribution in [0.4, 0.5) is 0 Å². The van der Waals surface area contributed by atoms with Crippen molar-refractivity contribution in [3.8, 4) is 0 Å². The molecule has 0 saturated carbocycles. The predicted molar refractivity (Wildman–Crippen MR) is 69.9 cm³/mol. The minimum absolute atomic E-state index is 0.779. The molecule has 0 bridgehead atoms. The Morgan fingerprint density at radius 2 is 1.82 bits per heavy atom. The molecule has 17 heavy (non-hydrogen) atoms. The third-order valence-corrected chi connectivity index (χ3v) is 2.92. The second kappa shape index (κ2) is 5.19. The Morgan fingerprint density at radius 1 is 1.00 bits per heavy atom. The molecular weight excluding hydrogens is 210 g/mol. The summed E-state index contributed by atoms with van der Waals surface area (Å²) in [5.74, 6) is 1.96. The number of aryl methyl sites for hydroxylation is 3. The minimum Gasteiger partial charge on any atom is -0.465 e. The molecule has 0 aliphatic rings. The highest BCUT2D eigenvalue weighted by Gasteiger charge is 2.00. The number of furan rings is 1. The third-order valence-electron chi connectivity index (χ3n) is 2.92. The summed E-state index contributed by atoms with van der Waals surface area (Å²) in [5, 5.41) is 3.41. The lowest BCUT2D eigenvalue weighted by atomic mass is 10.1. The van der Waals surface area contributed by atoms with E-state index in [1.54, 1.807) is 0 Å². The first kappa shape index (κ1) is 11.9. The van der Waals surface area contributed by atoms with Crippen molar-refractivity contribution in [2.45, 2.75) is 33.9 Å². The molecule has 2 nitrogen and oxygen atoms in total. The topological polar surface area (TPSA) is 25.2 Å². The Balaban J connectivity index is 1.91. The Hall–Kier alpha value is -1.54. The fraction of sp³-hybridized carbons (Fsp3) is 0.333. The number of hydrogen-bond acceptors (Lipinski definition) is 2. The zero-order valence-electron chi connectivity index (χ0n) is 10.7. The number of nitrogens with one attached hydrogen (secondary N) is 1. The van der Waals surface area contributed by atoms with E-state index in [2.05, 4.69) is 37.4 Å². The zero-order valence-corrected chi connectivity index (χ0v) is 10.7. The minimum atomic E-state index is 0.779. The number of hydrogen-bond donors (Lipinski definition) is 1. The number of benzene rings is 1.